The first-order valence-corrected chi connectivity index (χ1v) is 4.13. The minimum absolute atomic E-state index is 0.0852. The van der Waals surface area contributed by atoms with E-state index in [1.165, 1.54) is 0 Å². The summed E-state index contributed by atoms with van der Waals surface area (Å²) in [4.78, 5) is 12.9. The van der Waals surface area contributed by atoms with Crippen molar-refractivity contribution in [1.29, 1.82) is 5.26 Å². The number of carbonyl (C=O) groups excluding carboxylic acids is 1. The normalized spacial score (nSPS) is 14.8. The topological polar surface area (TPSA) is 82.2 Å². The molecule has 13 heavy (non-hydrogen) atoms. The maximum atomic E-state index is 11.1. The van der Waals surface area contributed by atoms with Crippen LogP contribution in [0.15, 0.2) is 0 Å². The van der Waals surface area contributed by atoms with Crippen molar-refractivity contribution in [3.63, 3.8) is 0 Å². The highest BCUT2D eigenvalue weighted by Gasteiger charge is 2.18. The van der Waals surface area contributed by atoms with Crippen LogP contribution in [0, 0.1) is 17.2 Å². The van der Waals surface area contributed by atoms with Crippen molar-refractivity contribution in [3.8, 4) is 6.07 Å². The molecule has 0 aliphatic heterocycles. The smallest absolute Gasteiger partial charge is 0.250 e. The second kappa shape index (κ2) is 5.51. The SMILES string of the molecule is CC(C#N)CN(C)C(C)C(=O)NN. The van der Waals surface area contributed by atoms with Gasteiger partial charge in [-0.25, -0.2) is 5.84 Å². The average Bonchev–Trinajstić information content (AvgIpc) is 2.14. The number of hydrogen-bond donors (Lipinski definition) is 2. The first-order valence-electron chi connectivity index (χ1n) is 4.13. The van der Waals surface area contributed by atoms with Gasteiger partial charge in [-0.05, 0) is 20.9 Å². The van der Waals surface area contributed by atoms with Crippen molar-refractivity contribution < 1.29 is 4.79 Å². The van der Waals surface area contributed by atoms with Gasteiger partial charge < -0.3 is 0 Å². The fourth-order valence-corrected chi connectivity index (χ4v) is 0.952. The van der Waals surface area contributed by atoms with E-state index in [0.29, 0.717) is 6.54 Å². The van der Waals surface area contributed by atoms with E-state index in [1.807, 2.05) is 6.92 Å². The van der Waals surface area contributed by atoms with Gasteiger partial charge in [-0.1, -0.05) is 0 Å². The van der Waals surface area contributed by atoms with Crippen LogP contribution in [-0.2, 0) is 4.79 Å². The molecule has 74 valence electrons. The van der Waals surface area contributed by atoms with Gasteiger partial charge in [-0.2, -0.15) is 5.26 Å². The minimum Gasteiger partial charge on any atom is -0.294 e. The Labute approximate surface area is 78.5 Å². The first kappa shape index (κ1) is 11.9. The quantitative estimate of drug-likeness (QED) is 0.349. The third-order valence-corrected chi connectivity index (χ3v) is 1.97. The molecule has 0 radical (unpaired) electrons. The molecule has 0 aromatic heterocycles. The molecule has 5 heteroatoms. The van der Waals surface area contributed by atoms with Gasteiger partial charge in [0.15, 0.2) is 0 Å². The lowest BCUT2D eigenvalue weighted by Crippen LogP contribution is -2.46. The standard InChI is InChI=1S/C8H16N4O/c1-6(4-9)5-12(3)7(2)8(13)11-10/h6-7H,5,10H2,1-3H3,(H,11,13). The monoisotopic (exact) mass is 184 g/mol. The lowest BCUT2D eigenvalue weighted by atomic mass is 10.1. The molecule has 0 fully saturated rings. The van der Waals surface area contributed by atoms with Crippen LogP contribution in [0.25, 0.3) is 0 Å². The Morgan fingerprint density at radius 2 is 2.23 bits per heavy atom. The summed E-state index contributed by atoms with van der Waals surface area (Å²) in [5.74, 6) is 4.65. The number of hydrogen-bond acceptors (Lipinski definition) is 4. The van der Waals surface area contributed by atoms with Gasteiger partial charge in [0, 0.05) is 6.54 Å². The Bertz CT molecular complexity index is 211. The largest absolute Gasteiger partial charge is 0.294 e. The highest BCUT2D eigenvalue weighted by Crippen LogP contribution is 2.00. The summed E-state index contributed by atoms with van der Waals surface area (Å²) in [7, 11) is 1.79. The zero-order valence-corrected chi connectivity index (χ0v) is 8.24. The molecule has 1 amide bonds. The molecule has 0 aromatic carbocycles. The molecule has 2 unspecified atom stereocenters. The lowest BCUT2D eigenvalue weighted by Gasteiger charge is -2.23. The van der Waals surface area contributed by atoms with Crippen LogP contribution in [0.3, 0.4) is 0 Å². The molecule has 0 heterocycles. The Balaban J connectivity index is 4.04. The van der Waals surface area contributed by atoms with Gasteiger partial charge in [0.2, 0.25) is 0 Å². The van der Waals surface area contributed by atoms with E-state index in [0.717, 1.165) is 0 Å². The predicted octanol–water partition coefficient (Wildman–Crippen LogP) is -0.544. The molecule has 2 atom stereocenters. The highest BCUT2D eigenvalue weighted by molar-refractivity contribution is 5.80. The molecule has 3 N–H and O–H groups in total. The van der Waals surface area contributed by atoms with Gasteiger partial charge in [-0.15, -0.1) is 0 Å². The molecule has 0 saturated carbocycles. The van der Waals surface area contributed by atoms with Crippen molar-refractivity contribution in [3.05, 3.63) is 0 Å². The molecular weight excluding hydrogens is 168 g/mol. The van der Waals surface area contributed by atoms with Crippen LogP contribution < -0.4 is 11.3 Å². The second-order valence-corrected chi connectivity index (χ2v) is 3.15. The molecule has 5 nitrogen and oxygen atoms in total. The number of hydrazine groups is 1. The highest BCUT2D eigenvalue weighted by atomic mass is 16.2. The third kappa shape index (κ3) is 3.87. The second-order valence-electron chi connectivity index (χ2n) is 3.15. The summed E-state index contributed by atoms with van der Waals surface area (Å²) in [6, 6.07) is 1.80. The Hall–Kier alpha value is -1.12. The summed E-state index contributed by atoms with van der Waals surface area (Å²) in [6.07, 6.45) is 0. The van der Waals surface area contributed by atoms with Gasteiger partial charge in [-0.3, -0.25) is 15.1 Å². The summed E-state index contributed by atoms with van der Waals surface area (Å²) in [5.41, 5.74) is 2.07. The van der Waals surface area contributed by atoms with E-state index < -0.39 is 0 Å². The van der Waals surface area contributed by atoms with Crippen molar-refractivity contribution in [2.45, 2.75) is 19.9 Å². The van der Waals surface area contributed by atoms with Crippen molar-refractivity contribution in [1.82, 2.24) is 10.3 Å². The number of amides is 1. The van der Waals surface area contributed by atoms with Crippen LogP contribution in [0.5, 0.6) is 0 Å². The first-order chi connectivity index (χ1) is 6.02. The van der Waals surface area contributed by atoms with Crippen LogP contribution in [0.1, 0.15) is 13.8 Å². The Kier molecular flexibility index (Phi) is 5.04. The molecule has 0 aliphatic carbocycles. The van der Waals surface area contributed by atoms with Crippen LogP contribution in [0.2, 0.25) is 0 Å². The summed E-state index contributed by atoms with van der Waals surface area (Å²) in [5, 5.41) is 8.56. The fourth-order valence-electron chi connectivity index (χ4n) is 0.952. The molecule has 0 aliphatic rings. The molecule has 0 spiro atoms. The number of nitriles is 1. The predicted molar refractivity (Wildman–Crippen MR) is 49.2 cm³/mol. The zero-order chi connectivity index (χ0) is 10.4. The van der Waals surface area contributed by atoms with Crippen LogP contribution >= 0.6 is 0 Å². The molecule has 0 rings (SSSR count). The van der Waals surface area contributed by atoms with Crippen molar-refractivity contribution in [2.75, 3.05) is 13.6 Å². The van der Waals surface area contributed by atoms with E-state index in [9.17, 15) is 4.79 Å². The van der Waals surface area contributed by atoms with Gasteiger partial charge in [0.25, 0.3) is 5.91 Å². The number of nitrogens with zero attached hydrogens (tertiary/aromatic N) is 2. The third-order valence-electron chi connectivity index (χ3n) is 1.97. The molecule has 0 bridgehead atoms. The molecule has 0 aromatic rings. The van der Waals surface area contributed by atoms with E-state index in [-0.39, 0.29) is 17.9 Å². The van der Waals surface area contributed by atoms with Crippen molar-refractivity contribution >= 4 is 5.91 Å². The lowest BCUT2D eigenvalue weighted by molar-refractivity contribution is -0.125. The molecular formula is C8H16N4O. The van der Waals surface area contributed by atoms with E-state index in [1.54, 1.807) is 18.9 Å². The zero-order valence-electron chi connectivity index (χ0n) is 8.24. The van der Waals surface area contributed by atoms with Gasteiger partial charge in [0.1, 0.15) is 0 Å². The van der Waals surface area contributed by atoms with Gasteiger partial charge >= 0.3 is 0 Å². The summed E-state index contributed by atoms with van der Waals surface area (Å²) >= 11 is 0. The summed E-state index contributed by atoms with van der Waals surface area (Å²) < 4.78 is 0. The summed E-state index contributed by atoms with van der Waals surface area (Å²) in [6.45, 7) is 4.11. The number of likely N-dealkylation sites (N-methyl/N-ethyl adjacent to an activating group) is 1. The van der Waals surface area contributed by atoms with Gasteiger partial charge in [0.05, 0.1) is 18.0 Å². The Morgan fingerprint density at radius 1 is 1.69 bits per heavy atom. The minimum atomic E-state index is -0.305. The van der Waals surface area contributed by atoms with E-state index in [2.05, 4.69) is 11.5 Å². The number of carbonyl (C=O) groups is 1. The molecule has 0 saturated heterocycles. The average molecular weight is 184 g/mol. The van der Waals surface area contributed by atoms with E-state index in [4.69, 9.17) is 11.1 Å². The maximum Gasteiger partial charge on any atom is 0.250 e. The van der Waals surface area contributed by atoms with Crippen LogP contribution in [-0.4, -0.2) is 30.4 Å². The van der Waals surface area contributed by atoms with E-state index >= 15 is 0 Å². The number of nitrogens with two attached hydrogens (primary N) is 1. The fraction of sp³-hybridized carbons (Fsp3) is 0.750. The Morgan fingerprint density at radius 3 is 2.62 bits per heavy atom. The number of rotatable bonds is 4. The number of nitrogens with one attached hydrogen (secondary N) is 1. The van der Waals surface area contributed by atoms with Crippen molar-refractivity contribution in [2.24, 2.45) is 11.8 Å². The maximum absolute atomic E-state index is 11.1. The van der Waals surface area contributed by atoms with Crippen LogP contribution in [0.4, 0.5) is 0 Å².